The Labute approximate surface area is 132 Å². The SMILES string of the molecule is CC(=O)NCC1CCN(Cc2ccc(CC(C)C)s2)CC1. The van der Waals surface area contributed by atoms with Gasteiger partial charge in [0.15, 0.2) is 0 Å². The van der Waals surface area contributed by atoms with Crippen LogP contribution in [-0.4, -0.2) is 30.4 Å². The second kappa shape index (κ2) is 7.95. The van der Waals surface area contributed by atoms with Crippen LogP contribution in [0.25, 0.3) is 0 Å². The molecule has 1 aromatic heterocycles. The Balaban J connectivity index is 1.73. The van der Waals surface area contributed by atoms with E-state index in [2.05, 4.69) is 36.2 Å². The molecular weight excluding hydrogens is 280 g/mol. The van der Waals surface area contributed by atoms with Gasteiger partial charge in [0, 0.05) is 29.8 Å². The zero-order valence-electron chi connectivity index (χ0n) is 13.5. The van der Waals surface area contributed by atoms with Gasteiger partial charge in [-0.3, -0.25) is 9.69 Å². The van der Waals surface area contributed by atoms with Gasteiger partial charge in [-0.05, 0) is 56.3 Å². The van der Waals surface area contributed by atoms with Crippen molar-refractivity contribution in [3.8, 4) is 0 Å². The predicted octanol–water partition coefficient (Wildman–Crippen LogP) is 3.29. The van der Waals surface area contributed by atoms with Crippen LogP contribution in [0, 0.1) is 11.8 Å². The monoisotopic (exact) mass is 308 g/mol. The van der Waals surface area contributed by atoms with Crippen LogP contribution in [-0.2, 0) is 17.8 Å². The number of nitrogens with one attached hydrogen (secondary N) is 1. The Kier molecular flexibility index (Phi) is 6.24. The van der Waals surface area contributed by atoms with Crippen molar-refractivity contribution in [3.05, 3.63) is 21.9 Å². The fourth-order valence-corrected chi connectivity index (χ4v) is 4.15. The predicted molar refractivity (Wildman–Crippen MR) is 89.5 cm³/mol. The molecule has 1 amide bonds. The van der Waals surface area contributed by atoms with Crippen LogP contribution >= 0.6 is 11.3 Å². The van der Waals surface area contributed by atoms with Crippen LogP contribution in [0.4, 0.5) is 0 Å². The molecule has 118 valence electrons. The number of piperidine rings is 1. The summed E-state index contributed by atoms with van der Waals surface area (Å²) in [6.45, 7) is 10.4. The van der Waals surface area contributed by atoms with Crippen LogP contribution in [0.2, 0.25) is 0 Å². The average Bonchev–Trinajstić information content (AvgIpc) is 2.84. The summed E-state index contributed by atoms with van der Waals surface area (Å²) in [5.74, 6) is 1.49. The molecule has 1 aromatic rings. The van der Waals surface area contributed by atoms with E-state index in [0.717, 1.165) is 32.1 Å². The molecule has 0 spiro atoms. The molecular formula is C17H28N2OS. The first kappa shape index (κ1) is 16.5. The molecule has 3 nitrogen and oxygen atoms in total. The Hall–Kier alpha value is -0.870. The number of carbonyl (C=O) groups excluding carboxylic acids is 1. The lowest BCUT2D eigenvalue weighted by Gasteiger charge is -2.31. The average molecular weight is 308 g/mol. The topological polar surface area (TPSA) is 32.3 Å². The van der Waals surface area contributed by atoms with Gasteiger partial charge in [0.2, 0.25) is 5.91 Å². The Bertz CT molecular complexity index is 447. The largest absolute Gasteiger partial charge is 0.356 e. The second-order valence-electron chi connectivity index (χ2n) is 6.62. The molecule has 2 heterocycles. The van der Waals surface area contributed by atoms with E-state index in [9.17, 15) is 4.79 Å². The van der Waals surface area contributed by atoms with Crippen molar-refractivity contribution in [3.63, 3.8) is 0 Å². The van der Waals surface area contributed by atoms with E-state index in [1.54, 1.807) is 6.92 Å². The summed E-state index contributed by atoms with van der Waals surface area (Å²) in [7, 11) is 0. The van der Waals surface area contributed by atoms with Gasteiger partial charge in [0.25, 0.3) is 0 Å². The lowest BCUT2D eigenvalue weighted by Crippen LogP contribution is -2.37. The van der Waals surface area contributed by atoms with Crippen molar-refractivity contribution >= 4 is 17.2 Å². The van der Waals surface area contributed by atoms with Crippen LogP contribution in [0.3, 0.4) is 0 Å². The first-order valence-corrected chi connectivity index (χ1v) is 8.89. The molecule has 4 heteroatoms. The highest BCUT2D eigenvalue weighted by atomic mass is 32.1. The van der Waals surface area contributed by atoms with E-state index in [-0.39, 0.29) is 5.91 Å². The van der Waals surface area contributed by atoms with Crippen LogP contribution in [0.5, 0.6) is 0 Å². The van der Waals surface area contributed by atoms with Crippen molar-refractivity contribution in [1.82, 2.24) is 10.2 Å². The van der Waals surface area contributed by atoms with Crippen LogP contribution in [0.1, 0.15) is 43.4 Å². The van der Waals surface area contributed by atoms with Crippen molar-refractivity contribution in [2.75, 3.05) is 19.6 Å². The van der Waals surface area contributed by atoms with Gasteiger partial charge >= 0.3 is 0 Å². The Morgan fingerprint density at radius 2 is 2.00 bits per heavy atom. The molecule has 1 aliphatic heterocycles. The molecule has 0 aliphatic carbocycles. The molecule has 1 saturated heterocycles. The van der Waals surface area contributed by atoms with Crippen LogP contribution < -0.4 is 5.32 Å². The third-order valence-electron chi connectivity index (χ3n) is 4.05. The maximum atomic E-state index is 11.0. The van der Waals surface area contributed by atoms with E-state index in [1.165, 1.54) is 29.0 Å². The summed E-state index contributed by atoms with van der Waals surface area (Å²) in [6.07, 6.45) is 3.60. The van der Waals surface area contributed by atoms with Crippen molar-refractivity contribution in [2.24, 2.45) is 11.8 Å². The van der Waals surface area contributed by atoms with Crippen LogP contribution in [0.15, 0.2) is 12.1 Å². The summed E-state index contributed by atoms with van der Waals surface area (Å²) >= 11 is 1.97. The quantitative estimate of drug-likeness (QED) is 0.874. The zero-order valence-corrected chi connectivity index (χ0v) is 14.3. The number of likely N-dealkylation sites (tertiary alicyclic amines) is 1. The summed E-state index contributed by atoms with van der Waals surface area (Å²) < 4.78 is 0. The number of amides is 1. The fraction of sp³-hybridized carbons (Fsp3) is 0.706. The minimum Gasteiger partial charge on any atom is -0.356 e. The van der Waals surface area contributed by atoms with Gasteiger partial charge in [-0.25, -0.2) is 0 Å². The van der Waals surface area contributed by atoms with Gasteiger partial charge in [-0.15, -0.1) is 11.3 Å². The van der Waals surface area contributed by atoms with Gasteiger partial charge in [0.1, 0.15) is 0 Å². The van der Waals surface area contributed by atoms with Crippen molar-refractivity contribution in [2.45, 2.75) is 46.6 Å². The zero-order chi connectivity index (χ0) is 15.2. The maximum Gasteiger partial charge on any atom is 0.216 e. The number of nitrogens with zero attached hydrogens (tertiary/aromatic N) is 1. The van der Waals surface area contributed by atoms with E-state index in [4.69, 9.17) is 0 Å². The van der Waals surface area contributed by atoms with E-state index in [0.29, 0.717) is 5.92 Å². The summed E-state index contributed by atoms with van der Waals surface area (Å²) in [6, 6.07) is 4.59. The summed E-state index contributed by atoms with van der Waals surface area (Å²) in [4.78, 5) is 16.5. The molecule has 1 aliphatic rings. The number of rotatable bonds is 6. The number of hydrogen-bond donors (Lipinski definition) is 1. The molecule has 0 unspecified atom stereocenters. The Morgan fingerprint density at radius 1 is 1.33 bits per heavy atom. The summed E-state index contributed by atoms with van der Waals surface area (Å²) in [5.41, 5.74) is 0. The molecule has 0 atom stereocenters. The lowest BCUT2D eigenvalue weighted by atomic mass is 9.97. The molecule has 0 radical (unpaired) electrons. The molecule has 0 aromatic carbocycles. The summed E-state index contributed by atoms with van der Waals surface area (Å²) in [5, 5.41) is 2.95. The van der Waals surface area contributed by atoms with Gasteiger partial charge < -0.3 is 5.32 Å². The first-order valence-electron chi connectivity index (χ1n) is 8.07. The Morgan fingerprint density at radius 3 is 2.62 bits per heavy atom. The normalized spacial score (nSPS) is 17.3. The van der Waals surface area contributed by atoms with E-state index in [1.807, 2.05) is 11.3 Å². The minimum absolute atomic E-state index is 0.0914. The first-order chi connectivity index (χ1) is 10.0. The molecule has 2 rings (SSSR count). The fourth-order valence-electron chi connectivity index (χ4n) is 2.88. The maximum absolute atomic E-state index is 11.0. The molecule has 0 bridgehead atoms. The third kappa shape index (κ3) is 5.79. The molecule has 1 fully saturated rings. The highest BCUT2D eigenvalue weighted by Gasteiger charge is 2.19. The highest BCUT2D eigenvalue weighted by molar-refractivity contribution is 7.11. The molecule has 1 N–H and O–H groups in total. The van der Waals surface area contributed by atoms with Crippen molar-refractivity contribution in [1.29, 1.82) is 0 Å². The number of hydrogen-bond acceptors (Lipinski definition) is 3. The third-order valence-corrected chi connectivity index (χ3v) is 5.15. The van der Waals surface area contributed by atoms with Gasteiger partial charge in [-0.2, -0.15) is 0 Å². The van der Waals surface area contributed by atoms with Crippen molar-refractivity contribution < 1.29 is 4.79 Å². The second-order valence-corrected chi connectivity index (χ2v) is 7.88. The lowest BCUT2D eigenvalue weighted by molar-refractivity contribution is -0.119. The number of thiophene rings is 1. The smallest absolute Gasteiger partial charge is 0.216 e. The standard InChI is InChI=1S/C17H28N2OS/c1-13(2)10-16-4-5-17(21-16)12-19-8-6-15(7-9-19)11-18-14(3)20/h4-5,13,15H,6-12H2,1-3H3,(H,18,20). The highest BCUT2D eigenvalue weighted by Crippen LogP contribution is 2.24. The number of carbonyl (C=O) groups is 1. The van der Waals surface area contributed by atoms with Gasteiger partial charge in [0.05, 0.1) is 0 Å². The minimum atomic E-state index is 0.0914. The molecule has 21 heavy (non-hydrogen) atoms. The van der Waals surface area contributed by atoms with E-state index < -0.39 is 0 Å². The van der Waals surface area contributed by atoms with E-state index >= 15 is 0 Å². The van der Waals surface area contributed by atoms with Gasteiger partial charge in [-0.1, -0.05) is 13.8 Å². The molecule has 0 saturated carbocycles.